The number of carbonyl (C=O) groups excluding carboxylic acids is 1. The molecule has 0 bridgehead atoms. The molecule has 2 aliphatic rings. The molecule has 0 aromatic carbocycles. The summed E-state index contributed by atoms with van der Waals surface area (Å²) in [6.07, 6.45) is 6.35. The van der Waals surface area contributed by atoms with Crippen LogP contribution in [-0.4, -0.2) is 57.9 Å². The first-order chi connectivity index (χ1) is 10.3. The zero-order valence-electron chi connectivity index (χ0n) is 13.0. The minimum atomic E-state index is -0.0119. The van der Waals surface area contributed by atoms with Crippen molar-refractivity contribution < 1.29 is 9.53 Å². The predicted molar refractivity (Wildman–Crippen MR) is 90.7 cm³/mol. The fourth-order valence-corrected chi connectivity index (χ4v) is 3.44. The van der Waals surface area contributed by atoms with Gasteiger partial charge in [0.05, 0.1) is 19.3 Å². The SMILES string of the molecule is Cl.Cl.NC[C@H]1CCC[C@H]1C(=O)N1CCOC(Cn2cncn2)C1. The van der Waals surface area contributed by atoms with Crippen molar-refractivity contribution in [3.05, 3.63) is 12.7 Å². The molecule has 1 unspecified atom stereocenters. The standard InChI is InChI=1S/C14H23N5O2.2ClH/c15-6-11-2-1-3-13(11)14(20)18-4-5-21-12(7-18)8-19-10-16-9-17-19;;/h9-13H,1-8,15H2;2*1H/t11-,12?,13-;;/m1../s1. The summed E-state index contributed by atoms with van der Waals surface area (Å²) in [7, 11) is 0. The number of morpholine rings is 1. The van der Waals surface area contributed by atoms with Gasteiger partial charge >= 0.3 is 0 Å². The minimum absolute atomic E-state index is 0. The van der Waals surface area contributed by atoms with Crippen LogP contribution in [0.1, 0.15) is 19.3 Å². The van der Waals surface area contributed by atoms with Gasteiger partial charge in [-0.15, -0.1) is 24.8 Å². The Balaban J connectivity index is 0.00000132. The van der Waals surface area contributed by atoms with Gasteiger partial charge in [-0.05, 0) is 25.3 Å². The Labute approximate surface area is 148 Å². The number of rotatable bonds is 4. The first kappa shape index (κ1) is 20.2. The number of nitrogens with zero attached hydrogens (tertiary/aromatic N) is 4. The molecule has 1 aromatic rings. The molecule has 0 spiro atoms. The molecule has 2 N–H and O–H groups in total. The number of aromatic nitrogens is 3. The highest BCUT2D eigenvalue weighted by Crippen LogP contribution is 2.32. The molecule has 7 nitrogen and oxygen atoms in total. The van der Waals surface area contributed by atoms with Crippen molar-refractivity contribution in [1.82, 2.24) is 19.7 Å². The average Bonchev–Trinajstić information content (AvgIpc) is 3.17. The van der Waals surface area contributed by atoms with E-state index in [1.807, 2.05) is 4.90 Å². The number of halogens is 2. The molecule has 1 aliphatic heterocycles. The molecule has 1 saturated heterocycles. The van der Waals surface area contributed by atoms with Crippen LogP contribution >= 0.6 is 24.8 Å². The molecule has 1 aliphatic carbocycles. The third-order valence-electron chi connectivity index (χ3n) is 4.59. The molecule has 0 radical (unpaired) electrons. The summed E-state index contributed by atoms with van der Waals surface area (Å²) >= 11 is 0. The lowest BCUT2D eigenvalue weighted by atomic mass is 9.94. The zero-order valence-corrected chi connectivity index (χ0v) is 14.7. The smallest absolute Gasteiger partial charge is 0.226 e. The summed E-state index contributed by atoms with van der Waals surface area (Å²) in [6.45, 7) is 3.15. The van der Waals surface area contributed by atoms with Gasteiger partial charge in [0.2, 0.25) is 5.91 Å². The minimum Gasteiger partial charge on any atom is -0.373 e. The first-order valence-electron chi connectivity index (χ1n) is 7.71. The van der Waals surface area contributed by atoms with Gasteiger partial charge in [0.25, 0.3) is 0 Å². The van der Waals surface area contributed by atoms with Crippen molar-refractivity contribution in [1.29, 1.82) is 0 Å². The molecule has 1 saturated carbocycles. The normalized spacial score (nSPS) is 27.2. The van der Waals surface area contributed by atoms with Crippen molar-refractivity contribution in [3.8, 4) is 0 Å². The average molecular weight is 366 g/mol. The second kappa shape index (κ2) is 9.42. The molecule has 2 fully saturated rings. The molecule has 9 heteroatoms. The Morgan fingerprint density at radius 3 is 2.87 bits per heavy atom. The van der Waals surface area contributed by atoms with Crippen LogP contribution < -0.4 is 5.73 Å². The van der Waals surface area contributed by atoms with Crippen LogP contribution in [0.2, 0.25) is 0 Å². The van der Waals surface area contributed by atoms with E-state index in [0.717, 1.165) is 19.3 Å². The summed E-state index contributed by atoms with van der Waals surface area (Å²) in [5, 5.41) is 4.09. The molecule has 3 atom stereocenters. The third-order valence-corrected chi connectivity index (χ3v) is 4.59. The van der Waals surface area contributed by atoms with E-state index in [2.05, 4.69) is 10.1 Å². The van der Waals surface area contributed by atoms with Crippen LogP contribution in [0.4, 0.5) is 0 Å². The van der Waals surface area contributed by atoms with E-state index in [-0.39, 0.29) is 42.7 Å². The van der Waals surface area contributed by atoms with Crippen LogP contribution in [0.25, 0.3) is 0 Å². The summed E-state index contributed by atoms with van der Waals surface area (Å²) in [4.78, 5) is 18.6. The van der Waals surface area contributed by atoms with Crippen molar-refractivity contribution in [2.75, 3.05) is 26.2 Å². The number of carbonyl (C=O) groups is 1. The Kier molecular flexibility index (Phi) is 8.25. The number of ether oxygens (including phenoxy) is 1. The van der Waals surface area contributed by atoms with E-state index >= 15 is 0 Å². The summed E-state index contributed by atoms with van der Waals surface area (Å²) < 4.78 is 7.49. The van der Waals surface area contributed by atoms with Gasteiger partial charge in [-0.3, -0.25) is 9.48 Å². The highest BCUT2D eigenvalue weighted by atomic mass is 35.5. The van der Waals surface area contributed by atoms with Crippen molar-refractivity contribution in [2.45, 2.75) is 31.9 Å². The molecular formula is C14H25Cl2N5O2. The zero-order chi connectivity index (χ0) is 14.7. The monoisotopic (exact) mass is 365 g/mol. The number of hydrogen-bond acceptors (Lipinski definition) is 5. The van der Waals surface area contributed by atoms with E-state index < -0.39 is 0 Å². The Morgan fingerprint density at radius 1 is 1.35 bits per heavy atom. The van der Waals surface area contributed by atoms with Crippen LogP contribution in [0, 0.1) is 11.8 Å². The van der Waals surface area contributed by atoms with Gasteiger partial charge in [-0.25, -0.2) is 4.98 Å². The topological polar surface area (TPSA) is 86.3 Å². The second-order valence-corrected chi connectivity index (χ2v) is 5.93. The quantitative estimate of drug-likeness (QED) is 0.849. The third kappa shape index (κ3) is 4.79. The van der Waals surface area contributed by atoms with Gasteiger partial charge < -0.3 is 15.4 Å². The molecule has 1 amide bonds. The summed E-state index contributed by atoms with van der Waals surface area (Å²) in [5.41, 5.74) is 5.80. The predicted octanol–water partition coefficient (Wildman–Crippen LogP) is 0.724. The van der Waals surface area contributed by atoms with Gasteiger partial charge in [0, 0.05) is 19.0 Å². The summed E-state index contributed by atoms with van der Waals surface area (Å²) in [6, 6.07) is 0. The van der Waals surface area contributed by atoms with Crippen molar-refractivity contribution in [2.24, 2.45) is 17.6 Å². The maximum atomic E-state index is 12.7. The van der Waals surface area contributed by atoms with Gasteiger partial charge in [-0.1, -0.05) is 6.42 Å². The first-order valence-corrected chi connectivity index (χ1v) is 7.71. The lowest BCUT2D eigenvalue weighted by Crippen LogP contribution is -2.49. The Morgan fingerprint density at radius 2 is 2.17 bits per heavy atom. The van der Waals surface area contributed by atoms with E-state index in [1.54, 1.807) is 11.0 Å². The maximum absolute atomic E-state index is 12.7. The van der Waals surface area contributed by atoms with E-state index in [0.29, 0.717) is 38.7 Å². The van der Waals surface area contributed by atoms with Crippen LogP contribution in [0.15, 0.2) is 12.7 Å². The van der Waals surface area contributed by atoms with E-state index in [4.69, 9.17) is 10.5 Å². The summed E-state index contributed by atoms with van der Waals surface area (Å²) in [5.74, 6) is 0.726. The molecule has 132 valence electrons. The highest BCUT2D eigenvalue weighted by molar-refractivity contribution is 5.85. The molecule has 3 rings (SSSR count). The van der Waals surface area contributed by atoms with Crippen LogP contribution in [0.5, 0.6) is 0 Å². The van der Waals surface area contributed by atoms with Crippen LogP contribution in [-0.2, 0) is 16.1 Å². The van der Waals surface area contributed by atoms with Gasteiger partial charge in [0.1, 0.15) is 12.7 Å². The molecular weight excluding hydrogens is 341 g/mol. The Bertz CT molecular complexity index is 474. The number of nitrogens with two attached hydrogens (primary N) is 1. The van der Waals surface area contributed by atoms with E-state index in [9.17, 15) is 4.79 Å². The highest BCUT2D eigenvalue weighted by Gasteiger charge is 2.36. The Hall–Kier alpha value is -0.890. The van der Waals surface area contributed by atoms with Gasteiger partial charge in [-0.2, -0.15) is 5.10 Å². The fraction of sp³-hybridized carbons (Fsp3) is 0.786. The number of hydrogen-bond donors (Lipinski definition) is 1. The van der Waals surface area contributed by atoms with Gasteiger partial charge in [0.15, 0.2) is 0 Å². The molecule has 23 heavy (non-hydrogen) atoms. The second-order valence-electron chi connectivity index (χ2n) is 5.93. The van der Waals surface area contributed by atoms with Crippen molar-refractivity contribution >= 4 is 30.7 Å². The number of amides is 1. The maximum Gasteiger partial charge on any atom is 0.226 e. The fourth-order valence-electron chi connectivity index (χ4n) is 3.44. The molecule has 2 heterocycles. The lowest BCUT2D eigenvalue weighted by Gasteiger charge is -2.35. The largest absolute Gasteiger partial charge is 0.373 e. The van der Waals surface area contributed by atoms with E-state index in [1.165, 1.54) is 6.33 Å². The van der Waals surface area contributed by atoms with Crippen LogP contribution in [0.3, 0.4) is 0 Å². The molecule has 1 aromatic heterocycles. The lowest BCUT2D eigenvalue weighted by molar-refractivity contribution is -0.144. The van der Waals surface area contributed by atoms with Crippen molar-refractivity contribution in [3.63, 3.8) is 0 Å².